The maximum absolute atomic E-state index is 11.4. The van der Waals surface area contributed by atoms with E-state index in [4.69, 9.17) is 5.73 Å². The number of imide groups is 1. The Hall–Kier alpha value is -1.65. The molecule has 21 heavy (non-hydrogen) atoms. The van der Waals surface area contributed by atoms with Crippen LogP contribution in [0.5, 0.6) is 0 Å². The van der Waals surface area contributed by atoms with E-state index in [-0.39, 0.29) is 23.6 Å². The fraction of sp³-hybridized carbons (Fsp3) is 0.688. The predicted octanol–water partition coefficient (Wildman–Crippen LogP) is 1.87. The van der Waals surface area contributed by atoms with Gasteiger partial charge in [-0.05, 0) is 24.7 Å². The maximum Gasteiger partial charge on any atom is 0.253 e. The van der Waals surface area contributed by atoms with E-state index in [1.165, 1.54) is 17.1 Å². The normalized spacial score (nSPS) is 17.6. The summed E-state index contributed by atoms with van der Waals surface area (Å²) < 4.78 is 0. The number of amides is 3. The van der Waals surface area contributed by atoms with E-state index in [9.17, 15) is 14.4 Å². The molecule has 0 fully saturated rings. The lowest BCUT2D eigenvalue weighted by Gasteiger charge is -2.25. The van der Waals surface area contributed by atoms with Crippen molar-refractivity contribution in [2.24, 2.45) is 23.5 Å². The molecule has 0 aromatic carbocycles. The number of rotatable bonds is 9. The van der Waals surface area contributed by atoms with Crippen molar-refractivity contribution >= 4 is 17.7 Å². The molecule has 2 atom stereocenters. The summed E-state index contributed by atoms with van der Waals surface area (Å²) in [5.74, 6) is -0.0913. The molecule has 0 saturated heterocycles. The van der Waals surface area contributed by atoms with Crippen molar-refractivity contribution in [3.05, 3.63) is 12.2 Å². The summed E-state index contributed by atoms with van der Waals surface area (Å²) in [6, 6.07) is 0. The van der Waals surface area contributed by atoms with Gasteiger partial charge in [-0.2, -0.15) is 0 Å². The van der Waals surface area contributed by atoms with Crippen LogP contribution in [-0.4, -0.2) is 29.2 Å². The van der Waals surface area contributed by atoms with Gasteiger partial charge in [0.1, 0.15) is 0 Å². The smallest absolute Gasteiger partial charge is 0.253 e. The number of primary amides is 1. The molecule has 0 radical (unpaired) electrons. The summed E-state index contributed by atoms with van der Waals surface area (Å²) in [5.41, 5.74) is 5.39. The van der Waals surface area contributed by atoms with E-state index < -0.39 is 0 Å². The number of hydrogen-bond donors (Lipinski definition) is 1. The first-order valence-electron chi connectivity index (χ1n) is 7.67. The van der Waals surface area contributed by atoms with Gasteiger partial charge < -0.3 is 5.73 Å². The van der Waals surface area contributed by atoms with Crippen LogP contribution in [-0.2, 0) is 14.4 Å². The highest BCUT2D eigenvalue weighted by Crippen LogP contribution is 2.26. The highest BCUT2D eigenvalue weighted by Gasteiger charge is 2.25. The number of unbranched alkanes of at least 4 members (excludes halogenated alkanes) is 2. The van der Waals surface area contributed by atoms with Crippen molar-refractivity contribution in [2.75, 3.05) is 6.54 Å². The molecular formula is C16H26N2O3. The molecule has 5 heteroatoms. The third-order valence-corrected chi connectivity index (χ3v) is 4.27. The molecule has 1 rings (SSSR count). The molecule has 5 nitrogen and oxygen atoms in total. The highest BCUT2D eigenvalue weighted by atomic mass is 16.2. The lowest BCUT2D eigenvalue weighted by atomic mass is 9.80. The van der Waals surface area contributed by atoms with Crippen LogP contribution < -0.4 is 5.73 Å². The van der Waals surface area contributed by atoms with Crippen molar-refractivity contribution in [3.63, 3.8) is 0 Å². The molecule has 2 N–H and O–H groups in total. The quantitative estimate of drug-likeness (QED) is 0.520. The van der Waals surface area contributed by atoms with Gasteiger partial charge in [-0.15, -0.1) is 0 Å². The van der Waals surface area contributed by atoms with Crippen LogP contribution in [0.25, 0.3) is 0 Å². The van der Waals surface area contributed by atoms with E-state index in [0.29, 0.717) is 18.4 Å². The second-order valence-electron chi connectivity index (χ2n) is 6.11. The molecule has 0 aromatic rings. The molecule has 0 spiro atoms. The van der Waals surface area contributed by atoms with E-state index >= 15 is 0 Å². The fourth-order valence-corrected chi connectivity index (χ4v) is 2.85. The molecule has 118 valence electrons. The predicted molar refractivity (Wildman–Crippen MR) is 81.0 cm³/mol. The van der Waals surface area contributed by atoms with Gasteiger partial charge in [0.2, 0.25) is 5.91 Å². The number of carbonyl (C=O) groups excluding carboxylic acids is 3. The minimum atomic E-state index is -0.243. The summed E-state index contributed by atoms with van der Waals surface area (Å²) in [7, 11) is 0. The Morgan fingerprint density at radius 3 is 2.14 bits per heavy atom. The molecule has 0 aromatic heterocycles. The van der Waals surface area contributed by atoms with Crippen LogP contribution >= 0.6 is 0 Å². The highest BCUT2D eigenvalue weighted by molar-refractivity contribution is 6.12. The van der Waals surface area contributed by atoms with Crippen LogP contribution in [0.4, 0.5) is 0 Å². The van der Waals surface area contributed by atoms with Crippen LogP contribution in [0.3, 0.4) is 0 Å². The molecule has 1 aliphatic rings. The Kier molecular flexibility index (Phi) is 6.59. The van der Waals surface area contributed by atoms with Gasteiger partial charge in [-0.25, -0.2) is 0 Å². The summed E-state index contributed by atoms with van der Waals surface area (Å²) in [6.07, 6.45) is 6.28. The second-order valence-corrected chi connectivity index (χ2v) is 6.11. The lowest BCUT2D eigenvalue weighted by molar-refractivity contribution is -0.136. The van der Waals surface area contributed by atoms with Gasteiger partial charge in [0.25, 0.3) is 11.8 Å². The molecule has 0 aliphatic carbocycles. The zero-order valence-corrected chi connectivity index (χ0v) is 13.2. The van der Waals surface area contributed by atoms with Crippen molar-refractivity contribution in [2.45, 2.75) is 46.5 Å². The first-order chi connectivity index (χ1) is 9.84. The number of nitrogens with zero attached hydrogens (tertiary/aromatic N) is 1. The fourth-order valence-electron chi connectivity index (χ4n) is 2.85. The Bertz CT molecular complexity index is 411. The van der Waals surface area contributed by atoms with Crippen molar-refractivity contribution < 1.29 is 14.4 Å². The van der Waals surface area contributed by atoms with Gasteiger partial charge >= 0.3 is 0 Å². The number of carbonyl (C=O) groups is 3. The number of hydrogen-bond acceptors (Lipinski definition) is 3. The molecule has 3 amide bonds. The summed E-state index contributed by atoms with van der Waals surface area (Å²) in [4.78, 5) is 35.3. The molecule has 0 bridgehead atoms. The van der Waals surface area contributed by atoms with Crippen molar-refractivity contribution in [1.82, 2.24) is 4.90 Å². The summed E-state index contributed by atoms with van der Waals surface area (Å²) in [6.45, 7) is 6.58. The van der Waals surface area contributed by atoms with Crippen molar-refractivity contribution in [1.29, 1.82) is 0 Å². The van der Waals surface area contributed by atoms with Gasteiger partial charge in [-0.1, -0.05) is 33.6 Å². The third kappa shape index (κ3) is 4.99. The minimum absolute atomic E-state index is 0.115. The lowest BCUT2D eigenvalue weighted by Crippen LogP contribution is -2.31. The van der Waals surface area contributed by atoms with Crippen LogP contribution in [0, 0.1) is 17.8 Å². The van der Waals surface area contributed by atoms with Gasteiger partial charge in [0.15, 0.2) is 0 Å². The second kappa shape index (κ2) is 7.96. The SMILES string of the molecule is CC(C)C(CCCCCN1C(=O)C=CC1=O)C(C)C(N)=O. The largest absolute Gasteiger partial charge is 0.369 e. The zero-order valence-electron chi connectivity index (χ0n) is 13.2. The molecule has 0 saturated carbocycles. The standard InChI is InChI=1S/C16H26N2O3/c1-11(2)13(12(3)16(17)21)7-5-4-6-10-18-14(19)8-9-15(18)20/h8-9,11-13H,4-7,10H2,1-3H3,(H2,17,21). The van der Waals surface area contributed by atoms with Crippen LogP contribution in [0.2, 0.25) is 0 Å². The molecule has 2 unspecified atom stereocenters. The van der Waals surface area contributed by atoms with E-state index in [0.717, 1.165) is 25.7 Å². The van der Waals surface area contributed by atoms with Crippen LogP contribution in [0.1, 0.15) is 46.5 Å². The Morgan fingerprint density at radius 2 is 1.67 bits per heavy atom. The Morgan fingerprint density at radius 1 is 1.10 bits per heavy atom. The van der Waals surface area contributed by atoms with Gasteiger partial charge in [0, 0.05) is 24.6 Å². The average molecular weight is 294 g/mol. The van der Waals surface area contributed by atoms with Gasteiger partial charge in [-0.3, -0.25) is 19.3 Å². The molecule has 1 heterocycles. The average Bonchev–Trinajstić information content (AvgIpc) is 2.72. The topological polar surface area (TPSA) is 80.5 Å². The first kappa shape index (κ1) is 17.4. The zero-order chi connectivity index (χ0) is 16.0. The number of nitrogens with two attached hydrogens (primary N) is 1. The van der Waals surface area contributed by atoms with E-state index in [2.05, 4.69) is 13.8 Å². The van der Waals surface area contributed by atoms with E-state index in [1.807, 2.05) is 6.92 Å². The minimum Gasteiger partial charge on any atom is -0.369 e. The summed E-state index contributed by atoms with van der Waals surface area (Å²) in [5, 5.41) is 0. The Balaban J connectivity index is 2.27. The van der Waals surface area contributed by atoms with Gasteiger partial charge in [0.05, 0.1) is 0 Å². The van der Waals surface area contributed by atoms with E-state index in [1.54, 1.807) is 0 Å². The summed E-state index contributed by atoms with van der Waals surface area (Å²) >= 11 is 0. The molecular weight excluding hydrogens is 268 g/mol. The first-order valence-corrected chi connectivity index (χ1v) is 7.67. The van der Waals surface area contributed by atoms with Crippen LogP contribution in [0.15, 0.2) is 12.2 Å². The third-order valence-electron chi connectivity index (χ3n) is 4.27. The molecule has 1 aliphatic heterocycles. The monoisotopic (exact) mass is 294 g/mol. The van der Waals surface area contributed by atoms with Crippen molar-refractivity contribution in [3.8, 4) is 0 Å². The maximum atomic E-state index is 11.4. The Labute approximate surface area is 126 Å².